The van der Waals surface area contributed by atoms with Crippen LogP contribution < -0.4 is 9.47 Å². The minimum Gasteiger partial charge on any atom is -0.508 e. The first-order valence-electron chi connectivity index (χ1n) is 10.1. The summed E-state index contributed by atoms with van der Waals surface area (Å²) in [5, 5.41) is 21.3. The summed E-state index contributed by atoms with van der Waals surface area (Å²) in [4.78, 5) is 31.6. The number of hydrogen-bond donors (Lipinski definition) is 2. The number of aromatic nitrogens is 1. The molecule has 2 aromatic carbocycles. The molecule has 0 spiro atoms. The minimum absolute atomic E-state index is 0.0240. The zero-order valence-corrected chi connectivity index (χ0v) is 18.1. The van der Waals surface area contributed by atoms with Gasteiger partial charge in [0.15, 0.2) is 0 Å². The number of ether oxygens (including phenoxy) is 2. The van der Waals surface area contributed by atoms with Gasteiger partial charge in [-0.3, -0.25) is 14.6 Å². The summed E-state index contributed by atoms with van der Waals surface area (Å²) >= 11 is 0. The number of pyridine rings is 1. The Bertz CT molecular complexity index is 1240. The van der Waals surface area contributed by atoms with Crippen LogP contribution in [0.5, 0.6) is 17.2 Å². The first-order chi connectivity index (χ1) is 15.9. The molecule has 1 aromatic heterocycles. The summed E-state index contributed by atoms with van der Waals surface area (Å²) in [6, 6.07) is 13.6. The molecule has 33 heavy (non-hydrogen) atoms. The third-order valence-corrected chi connectivity index (χ3v) is 5.49. The van der Waals surface area contributed by atoms with Crippen LogP contribution in [0.3, 0.4) is 0 Å². The van der Waals surface area contributed by atoms with Gasteiger partial charge in [-0.2, -0.15) is 0 Å². The van der Waals surface area contributed by atoms with Crippen molar-refractivity contribution in [2.75, 3.05) is 14.2 Å². The Morgan fingerprint density at radius 1 is 1.03 bits per heavy atom. The number of carbonyl (C=O) groups is 2. The topological polar surface area (TPSA) is 109 Å². The van der Waals surface area contributed by atoms with Crippen LogP contribution in [0.2, 0.25) is 0 Å². The molecule has 1 fully saturated rings. The number of aliphatic hydroxyl groups is 1. The van der Waals surface area contributed by atoms with Crippen molar-refractivity contribution in [3.05, 3.63) is 89.3 Å². The third kappa shape index (κ3) is 4.10. The summed E-state index contributed by atoms with van der Waals surface area (Å²) < 4.78 is 10.6. The Morgan fingerprint density at radius 3 is 2.45 bits per heavy atom. The molecule has 1 amide bonds. The average Bonchev–Trinajstić information content (AvgIpc) is 3.08. The maximum atomic E-state index is 13.2. The molecule has 0 aliphatic carbocycles. The van der Waals surface area contributed by atoms with Crippen LogP contribution in [0.15, 0.2) is 72.6 Å². The van der Waals surface area contributed by atoms with E-state index in [1.807, 2.05) is 0 Å². The molecule has 4 rings (SSSR count). The first-order valence-corrected chi connectivity index (χ1v) is 10.1. The fourth-order valence-electron chi connectivity index (χ4n) is 3.91. The monoisotopic (exact) mass is 446 g/mol. The lowest BCUT2D eigenvalue weighted by Crippen LogP contribution is -2.29. The Kier molecular flexibility index (Phi) is 5.99. The van der Waals surface area contributed by atoms with Gasteiger partial charge >= 0.3 is 0 Å². The summed E-state index contributed by atoms with van der Waals surface area (Å²) in [5.74, 6) is -1.20. The normalized spacial score (nSPS) is 17.3. The van der Waals surface area contributed by atoms with Gasteiger partial charge in [-0.15, -0.1) is 0 Å². The fraction of sp³-hybridized carbons (Fsp3) is 0.160. The molecule has 1 atom stereocenters. The number of carbonyl (C=O) groups excluding carboxylic acids is 2. The average molecular weight is 446 g/mol. The van der Waals surface area contributed by atoms with Crippen LogP contribution >= 0.6 is 0 Å². The van der Waals surface area contributed by atoms with Gasteiger partial charge in [-0.05, 0) is 47.5 Å². The van der Waals surface area contributed by atoms with Gasteiger partial charge in [0.2, 0.25) is 0 Å². The highest BCUT2D eigenvalue weighted by Crippen LogP contribution is 2.42. The van der Waals surface area contributed by atoms with Crippen molar-refractivity contribution < 1.29 is 29.3 Å². The van der Waals surface area contributed by atoms with E-state index < -0.39 is 17.7 Å². The second-order valence-corrected chi connectivity index (χ2v) is 7.44. The number of nitrogens with zero attached hydrogens (tertiary/aromatic N) is 2. The van der Waals surface area contributed by atoms with Crippen molar-refractivity contribution in [2.45, 2.75) is 12.6 Å². The van der Waals surface area contributed by atoms with E-state index in [1.165, 1.54) is 31.3 Å². The molecule has 1 aliphatic rings. The second-order valence-electron chi connectivity index (χ2n) is 7.44. The molecule has 8 nitrogen and oxygen atoms in total. The van der Waals surface area contributed by atoms with E-state index >= 15 is 0 Å². The predicted molar refractivity (Wildman–Crippen MR) is 120 cm³/mol. The highest BCUT2D eigenvalue weighted by Gasteiger charge is 2.46. The minimum atomic E-state index is -0.919. The molecule has 0 bridgehead atoms. The maximum absolute atomic E-state index is 13.2. The number of ketones is 1. The van der Waals surface area contributed by atoms with Gasteiger partial charge in [0, 0.05) is 25.0 Å². The number of amides is 1. The lowest BCUT2D eigenvalue weighted by Gasteiger charge is -2.25. The molecule has 1 saturated heterocycles. The largest absolute Gasteiger partial charge is 0.508 e. The second kappa shape index (κ2) is 9.04. The smallest absolute Gasteiger partial charge is 0.295 e. The summed E-state index contributed by atoms with van der Waals surface area (Å²) in [6.07, 6.45) is 3.19. The van der Waals surface area contributed by atoms with Gasteiger partial charge in [-0.1, -0.05) is 12.1 Å². The van der Waals surface area contributed by atoms with Crippen LogP contribution in [0.1, 0.15) is 22.7 Å². The van der Waals surface area contributed by atoms with E-state index in [0.29, 0.717) is 11.3 Å². The van der Waals surface area contributed by atoms with E-state index in [0.717, 1.165) is 5.56 Å². The molecule has 1 aliphatic heterocycles. The van der Waals surface area contributed by atoms with Crippen molar-refractivity contribution >= 4 is 17.4 Å². The van der Waals surface area contributed by atoms with Crippen LogP contribution in [-0.4, -0.2) is 46.0 Å². The molecule has 0 radical (unpaired) electrons. The van der Waals surface area contributed by atoms with Crippen molar-refractivity contribution in [3.63, 3.8) is 0 Å². The maximum Gasteiger partial charge on any atom is 0.295 e. The molecular weight excluding hydrogens is 424 g/mol. The lowest BCUT2D eigenvalue weighted by atomic mass is 9.94. The molecule has 2 N–H and O–H groups in total. The third-order valence-electron chi connectivity index (χ3n) is 5.49. The van der Waals surface area contributed by atoms with Gasteiger partial charge in [0.25, 0.3) is 11.7 Å². The Labute approximate surface area is 190 Å². The molecule has 3 aromatic rings. The van der Waals surface area contributed by atoms with E-state index in [-0.39, 0.29) is 34.9 Å². The van der Waals surface area contributed by atoms with Crippen molar-refractivity contribution in [3.8, 4) is 17.2 Å². The summed E-state index contributed by atoms with van der Waals surface area (Å²) in [7, 11) is 2.93. The summed E-state index contributed by atoms with van der Waals surface area (Å²) in [6.45, 7) is 0.115. The molecular formula is C25H22N2O6. The van der Waals surface area contributed by atoms with Crippen molar-refractivity contribution in [2.24, 2.45) is 0 Å². The number of phenols is 1. The van der Waals surface area contributed by atoms with Crippen LogP contribution in [-0.2, 0) is 16.1 Å². The van der Waals surface area contributed by atoms with E-state index in [2.05, 4.69) is 4.98 Å². The van der Waals surface area contributed by atoms with Crippen LogP contribution in [0, 0.1) is 0 Å². The van der Waals surface area contributed by atoms with E-state index in [4.69, 9.17) is 9.47 Å². The Morgan fingerprint density at radius 2 is 1.79 bits per heavy atom. The van der Waals surface area contributed by atoms with Crippen LogP contribution in [0.25, 0.3) is 5.76 Å². The molecule has 2 heterocycles. The number of benzene rings is 2. The number of Topliss-reactive ketones (excluding diaryl/α,β-unsaturated/α-hetero) is 1. The number of aromatic hydroxyl groups is 1. The summed E-state index contributed by atoms with van der Waals surface area (Å²) in [5.41, 5.74) is 1.39. The Balaban J connectivity index is 1.90. The lowest BCUT2D eigenvalue weighted by molar-refractivity contribution is -0.140. The SMILES string of the molecule is COc1ccc(/C(O)=C2/C(=O)C(=O)N(Cc3ccncc3)C2c2cccc(O)c2)c(OC)c1. The predicted octanol–water partition coefficient (Wildman–Crippen LogP) is 3.43. The molecule has 8 heteroatoms. The van der Waals surface area contributed by atoms with Gasteiger partial charge in [0.1, 0.15) is 23.0 Å². The van der Waals surface area contributed by atoms with Crippen molar-refractivity contribution in [1.82, 2.24) is 9.88 Å². The highest BCUT2D eigenvalue weighted by molar-refractivity contribution is 6.46. The van der Waals surface area contributed by atoms with Gasteiger partial charge in [0.05, 0.1) is 31.4 Å². The Hall–Kier alpha value is -4.33. The van der Waals surface area contributed by atoms with Crippen molar-refractivity contribution in [1.29, 1.82) is 0 Å². The zero-order valence-electron chi connectivity index (χ0n) is 18.1. The van der Waals surface area contributed by atoms with Gasteiger partial charge < -0.3 is 24.6 Å². The number of hydrogen-bond acceptors (Lipinski definition) is 7. The van der Waals surface area contributed by atoms with E-state index in [1.54, 1.807) is 54.9 Å². The standard InChI is InChI=1S/C25H22N2O6/c1-32-18-6-7-19(20(13-18)33-2)23(29)21-22(16-4-3-5-17(28)12-16)27(25(31)24(21)30)14-15-8-10-26-11-9-15/h3-13,22,28-29H,14H2,1-2H3/b23-21-. The number of aliphatic hydroxyl groups excluding tert-OH is 1. The first kappa shape index (κ1) is 21.9. The number of phenolic OH excluding ortho intramolecular Hbond substituents is 1. The highest BCUT2D eigenvalue weighted by atomic mass is 16.5. The number of methoxy groups -OCH3 is 2. The molecule has 1 unspecified atom stereocenters. The zero-order chi connectivity index (χ0) is 23.5. The quantitative estimate of drug-likeness (QED) is 0.339. The van der Waals surface area contributed by atoms with Crippen LogP contribution in [0.4, 0.5) is 0 Å². The number of rotatable bonds is 6. The molecule has 168 valence electrons. The fourth-order valence-corrected chi connectivity index (χ4v) is 3.91. The van der Waals surface area contributed by atoms with E-state index in [9.17, 15) is 19.8 Å². The number of likely N-dealkylation sites (tertiary alicyclic amines) is 1. The van der Waals surface area contributed by atoms with Gasteiger partial charge in [-0.25, -0.2) is 0 Å². The molecule has 0 saturated carbocycles.